The van der Waals surface area contributed by atoms with Crippen molar-refractivity contribution in [2.45, 2.75) is 6.04 Å². The highest BCUT2D eigenvalue weighted by molar-refractivity contribution is 5.95. The number of nitrogens with one attached hydrogen (secondary N) is 2. The number of hydrogen-bond donors (Lipinski definition) is 3. The monoisotopic (exact) mass is 461 g/mol. The third kappa shape index (κ3) is 3.28. The van der Waals surface area contributed by atoms with Crippen molar-refractivity contribution in [3.8, 4) is 33.9 Å². The Bertz CT molecular complexity index is 1680. The lowest BCUT2D eigenvalue weighted by Gasteiger charge is -2.37. The Morgan fingerprint density at radius 1 is 0.886 bits per heavy atom. The third-order valence-corrected chi connectivity index (χ3v) is 6.18. The number of nitrogens with two attached hydrogens (primary N) is 1. The van der Waals surface area contributed by atoms with Gasteiger partial charge in [0.1, 0.15) is 11.5 Å². The van der Waals surface area contributed by atoms with E-state index < -0.39 is 0 Å². The molecule has 35 heavy (non-hydrogen) atoms. The fourth-order valence-electron chi connectivity index (χ4n) is 4.37. The van der Waals surface area contributed by atoms with Gasteiger partial charge in [-0.05, 0) is 29.8 Å². The van der Waals surface area contributed by atoms with Crippen molar-refractivity contribution in [1.29, 1.82) is 0 Å². The zero-order valence-corrected chi connectivity index (χ0v) is 18.4. The van der Waals surface area contributed by atoms with Crippen LogP contribution < -0.4 is 10.6 Å². The normalized spacial score (nSPS) is 14.0. The summed E-state index contributed by atoms with van der Waals surface area (Å²) in [5.74, 6) is 1.44. The first-order valence-corrected chi connectivity index (χ1v) is 11.2. The van der Waals surface area contributed by atoms with Crippen molar-refractivity contribution in [1.82, 2.24) is 45.1 Å². The number of rotatable bonds is 4. The molecule has 0 amide bonds. The molecule has 0 atom stereocenters. The molecule has 1 aliphatic rings. The molecule has 0 saturated carbocycles. The Kier molecular flexibility index (Phi) is 4.29. The molecule has 6 aromatic heterocycles. The van der Waals surface area contributed by atoms with Gasteiger partial charge in [0.25, 0.3) is 0 Å². The van der Waals surface area contributed by atoms with E-state index in [1.807, 2.05) is 24.3 Å². The maximum atomic E-state index is 5.92. The topological polar surface area (TPSA) is 151 Å². The minimum Gasteiger partial charge on any atom is -0.352 e. The van der Waals surface area contributed by atoms with Crippen LogP contribution in [0.2, 0.25) is 0 Å². The summed E-state index contributed by atoms with van der Waals surface area (Å²) in [5, 5.41) is 8.28. The van der Waals surface area contributed by atoms with Crippen molar-refractivity contribution in [2.75, 3.05) is 18.0 Å². The van der Waals surface area contributed by atoms with Crippen LogP contribution in [-0.2, 0) is 0 Å². The molecule has 7 rings (SSSR count). The fourth-order valence-corrected chi connectivity index (χ4v) is 4.37. The van der Waals surface area contributed by atoms with Gasteiger partial charge < -0.3 is 15.6 Å². The third-order valence-electron chi connectivity index (χ3n) is 6.18. The summed E-state index contributed by atoms with van der Waals surface area (Å²) in [6.07, 6.45) is 10.5. The summed E-state index contributed by atoms with van der Waals surface area (Å²) in [6, 6.07) is 8.06. The van der Waals surface area contributed by atoms with Crippen LogP contribution in [0.4, 0.5) is 5.82 Å². The molecule has 7 heterocycles. The second-order valence-electron chi connectivity index (χ2n) is 8.50. The van der Waals surface area contributed by atoms with Crippen molar-refractivity contribution >= 4 is 28.0 Å². The zero-order chi connectivity index (χ0) is 23.4. The van der Waals surface area contributed by atoms with Gasteiger partial charge >= 0.3 is 0 Å². The molecule has 4 N–H and O–H groups in total. The maximum absolute atomic E-state index is 5.92. The average molecular weight is 461 g/mol. The number of aromatic amines is 2. The Labute approximate surface area is 198 Å². The summed E-state index contributed by atoms with van der Waals surface area (Å²) < 4.78 is 0. The van der Waals surface area contributed by atoms with Gasteiger partial charge in [0, 0.05) is 55.0 Å². The summed E-state index contributed by atoms with van der Waals surface area (Å²) in [6.45, 7) is 1.56. The van der Waals surface area contributed by atoms with Crippen LogP contribution in [0.25, 0.3) is 56.1 Å². The van der Waals surface area contributed by atoms with Crippen LogP contribution in [0.5, 0.6) is 0 Å². The van der Waals surface area contributed by atoms with E-state index >= 15 is 0 Å². The highest BCUT2D eigenvalue weighted by Gasteiger charge is 2.25. The first-order valence-electron chi connectivity index (χ1n) is 11.2. The second-order valence-corrected chi connectivity index (χ2v) is 8.50. The minimum absolute atomic E-state index is 0.185. The molecule has 6 aromatic rings. The van der Waals surface area contributed by atoms with Gasteiger partial charge in [-0.3, -0.25) is 15.1 Å². The van der Waals surface area contributed by atoms with Gasteiger partial charge in [-0.25, -0.2) is 19.9 Å². The van der Waals surface area contributed by atoms with Gasteiger partial charge in [-0.15, -0.1) is 0 Å². The van der Waals surface area contributed by atoms with E-state index in [4.69, 9.17) is 15.7 Å². The number of imidazole rings is 1. The summed E-state index contributed by atoms with van der Waals surface area (Å²) >= 11 is 0. The predicted molar refractivity (Wildman–Crippen MR) is 131 cm³/mol. The van der Waals surface area contributed by atoms with E-state index in [0.717, 1.165) is 57.9 Å². The molecule has 11 heteroatoms. The lowest BCUT2D eigenvalue weighted by Crippen LogP contribution is -2.56. The molecule has 11 nitrogen and oxygen atoms in total. The second kappa shape index (κ2) is 7.64. The van der Waals surface area contributed by atoms with E-state index in [-0.39, 0.29) is 6.04 Å². The van der Waals surface area contributed by atoms with Crippen LogP contribution >= 0.6 is 0 Å². The van der Waals surface area contributed by atoms with Crippen molar-refractivity contribution in [3.05, 3.63) is 61.4 Å². The Balaban J connectivity index is 1.31. The average Bonchev–Trinajstić information content (AvgIpc) is 3.51. The van der Waals surface area contributed by atoms with Gasteiger partial charge in [0.15, 0.2) is 17.1 Å². The number of pyridine rings is 3. The largest absolute Gasteiger partial charge is 0.352 e. The van der Waals surface area contributed by atoms with Gasteiger partial charge in [-0.2, -0.15) is 5.10 Å². The van der Waals surface area contributed by atoms with E-state index in [0.29, 0.717) is 17.1 Å². The Morgan fingerprint density at radius 2 is 1.77 bits per heavy atom. The molecule has 1 fully saturated rings. The maximum Gasteiger partial charge on any atom is 0.181 e. The molecule has 0 radical (unpaired) electrons. The smallest absolute Gasteiger partial charge is 0.181 e. The molecule has 170 valence electrons. The van der Waals surface area contributed by atoms with Crippen molar-refractivity contribution in [2.24, 2.45) is 5.73 Å². The number of hydrogen-bond acceptors (Lipinski definition) is 9. The highest BCUT2D eigenvalue weighted by Crippen LogP contribution is 2.31. The molecular formula is C24H19N11. The van der Waals surface area contributed by atoms with Crippen LogP contribution in [0.1, 0.15) is 0 Å². The summed E-state index contributed by atoms with van der Waals surface area (Å²) in [4.78, 5) is 32.5. The number of anilines is 1. The lowest BCUT2D eigenvalue weighted by molar-refractivity contribution is 0.514. The lowest BCUT2D eigenvalue weighted by atomic mass is 10.1. The van der Waals surface area contributed by atoms with Gasteiger partial charge in [0.05, 0.1) is 29.0 Å². The SMILES string of the molecule is NC1CN(c2cncc(-c3cnc4n[nH]c(-c5nc6nccc(-c7ccncc7)c6[nH]5)c4c3)n2)C1. The molecular weight excluding hydrogens is 442 g/mol. The molecule has 1 saturated heterocycles. The number of H-pyrrole nitrogens is 2. The van der Waals surface area contributed by atoms with Crippen LogP contribution in [0, 0.1) is 0 Å². The molecule has 0 unspecified atom stereocenters. The van der Waals surface area contributed by atoms with Crippen molar-refractivity contribution < 1.29 is 0 Å². The van der Waals surface area contributed by atoms with Gasteiger partial charge in [-0.1, -0.05) is 0 Å². The predicted octanol–water partition coefficient (Wildman–Crippen LogP) is 2.56. The molecule has 0 aromatic carbocycles. The van der Waals surface area contributed by atoms with Crippen molar-refractivity contribution in [3.63, 3.8) is 0 Å². The molecule has 0 bridgehead atoms. The van der Waals surface area contributed by atoms with Crippen LogP contribution in [-0.4, -0.2) is 64.2 Å². The number of nitrogens with zero attached hydrogens (tertiary/aromatic N) is 8. The molecule has 0 spiro atoms. The van der Waals surface area contributed by atoms with E-state index in [1.54, 1.807) is 37.2 Å². The van der Waals surface area contributed by atoms with Gasteiger partial charge in [0.2, 0.25) is 0 Å². The quantitative estimate of drug-likeness (QED) is 0.360. The first kappa shape index (κ1) is 19.7. The number of aromatic nitrogens is 9. The standard InChI is InChI=1S/C24H19N11/c25-15-11-35(12-15)19-10-27-9-18(30-19)14-7-17-21(33-34-22(17)29-8-14)24-31-20-16(3-6-28-23(20)32-24)13-1-4-26-5-2-13/h1-10,15H,11-12,25H2,(H,28,31,32)(H,29,33,34). The van der Waals surface area contributed by atoms with E-state index in [1.165, 1.54) is 0 Å². The first-order chi connectivity index (χ1) is 17.2. The molecule has 1 aliphatic heterocycles. The Hall–Kier alpha value is -4.77. The van der Waals surface area contributed by atoms with E-state index in [2.05, 4.69) is 40.0 Å². The zero-order valence-electron chi connectivity index (χ0n) is 18.4. The fraction of sp³-hybridized carbons (Fsp3) is 0.125. The number of fused-ring (bicyclic) bond motifs is 2. The summed E-state index contributed by atoms with van der Waals surface area (Å²) in [7, 11) is 0. The van der Waals surface area contributed by atoms with Crippen LogP contribution in [0.3, 0.4) is 0 Å². The highest BCUT2D eigenvalue weighted by atomic mass is 15.3. The van der Waals surface area contributed by atoms with Crippen LogP contribution in [0.15, 0.2) is 61.4 Å². The molecule has 0 aliphatic carbocycles. The summed E-state index contributed by atoms with van der Waals surface area (Å²) in [5.41, 5.74) is 12.3. The minimum atomic E-state index is 0.185. The van der Waals surface area contributed by atoms with E-state index in [9.17, 15) is 0 Å². The Morgan fingerprint density at radius 3 is 2.63 bits per heavy atom.